The van der Waals surface area contributed by atoms with Gasteiger partial charge < -0.3 is 4.42 Å². The highest BCUT2D eigenvalue weighted by Crippen LogP contribution is 2.52. The smallest absolute Gasteiger partial charge is 0.235 e. The van der Waals surface area contributed by atoms with Gasteiger partial charge in [-0.05, 0) is 58.1 Å². The standard InChI is InChI=1S/C42H23N3OS/c1-2-11-26-23-33-31(22-25(26)10-1)27-16-7-12-24-13-8-18-32(37(24)27)45(33)42-43-39-29-15-4-6-21-36(29)47-41(39)40(44-42)30-17-9-20-35-38(30)28-14-3-5-19-34(28)46-35/h1-23H. The van der Waals surface area contributed by atoms with Crippen molar-refractivity contribution >= 4 is 92.4 Å². The predicted molar refractivity (Wildman–Crippen MR) is 196 cm³/mol. The highest BCUT2D eigenvalue weighted by atomic mass is 32.1. The Morgan fingerprint density at radius 3 is 2.13 bits per heavy atom. The summed E-state index contributed by atoms with van der Waals surface area (Å²) in [5.74, 6) is 0.652. The van der Waals surface area contributed by atoms with Crippen LogP contribution in [0.5, 0.6) is 0 Å². The number of hydrogen-bond donors (Lipinski definition) is 0. The molecular weight excluding hydrogens is 595 g/mol. The molecule has 7 aromatic carbocycles. The molecule has 1 aliphatic heterocycles. The first kappa shape index (κ1) is 25.2. The normalized spacial score (nSPS) is 12.6. The molecule has 218 valence electrons. The van der Waals surface area contributed by atoms with Crippen LogP contribution in [0.15, 0.2) is 144 Å². The molecule has 0 fully saturated rings. The van der Waals surface area contributed by atoms with Gasteiger partial charge in [-0.15, -0.1) is 11.3 Å². The Kier molecular flexibility index (Phi) is 4.96. The SMILES string of the molecule is c1ccc2cc3c(cc2c1)-c1cccc2cccc(c12)N3c1nc(-c2cccc3oc4ccccc4c23)c2sc3ccccc3c2n1. The molecule has 0 spiro atoms. The summed E-state index contributed by atoms with van der Waals surface area (Å²) in [6.07, 6.45) is 0. The molecule has 0 bridgehead atoms. The van der Waals surface area contributed by atoms with E-state index in [1.165, 1.54) is 37.4 Å². The molecule has 1 aliphatic rings. The van der Waals surface area contributed by atoms with Crippen LogP contribution < -0.4 is 4.90 Å². The molecule has 0 amide bonds. The van der Waals surface area contributed by atoms with Crippen molar-refractivity contribution in [2.75, 3.05) is 4.90 Å². The topological polar surface area (TPSA) is 42.2 Å². The lowest BCUT2D eigenvalue weighted by molar-refractivity contribution is 0.669. The second-order valence-electron chi connectivity index (χ2n) is 12.2. The van der Waals surface area contributed by atoms with E-state index in [1.807, 2.05) is 18.2 Å². The Bertz CT molecular complexity index is 2930. The van der Waals surface area contributed by atoms with Gasteiger partial charge in [-0.2, -0.15) is 0 Å². The van der Waals surface area contributed by atoms with Crippen molar-refractivity contribution in [3.63, 3.8) is 0 Å². The fourth-order valence-electron chi connectivity index (χ4n) is 7.54. The molecule has 0 saturated carbocycles. The largest absolute Gasteiger partial charge is 0.456 e. The summed E-state index contributed by atoms with van der Waals surface area (Å²) in [4.78, 5) is 13.3. The Morgan fingerprint density at radius 2 is 1.21 bits per heavy atom. The molecule has 0 radical (unpaired) electrons. The highest BCUT2D eigenvalue weighted by Gasteiger charge is 2.30. The summed E-state index contributed by atoms with van der Waals surface area (Å²) >= 11 is 1.75. The van der Waals surface area contributed by atoms with Crippen molar-refractivity contribution in [1.82, 2.24) is 9.97 Å². The van der Waals surface area contributed by atoms with Crippen LogP contribution in [0.25, 0.3) is 86.2 Å². The third kappa shape index (κ3) is 3.46. The van der Waals surface area contributed by atoms with Gasteiger partial charge in [0.15, 0.2) is 0 Å². The predicted octanol–water partition coefficient (Wildman–Crippen LogP) is 12.2. The number of aromatic nitrogens is 2. The number of thiophene rings is 1. The van der Waals surface area contributed by atoms with Crippen molar-refractivity contribution in [3.05, 3.63) is 140 Å². The van der Waals surface area contributed by atoms with E-state index >= 15 is 0 Å². The molecule has 3 aromatic heterocycles. The summed E-state index contributed by atoms with van der Waals surface area (Å²) in [5, 5.41) is 8.09. The minimum Gasteiger partial charge on any atom is -0.456 e. The van der Waals surface area contributed by atoms with Crippen LogP contribution >= 0.6 is 11.3 Å². The van der Waals surface area contributed by atoms with Gasteiger partial charge in [-0.3, -0.25) is 4.90 Å². The Balaban J connectivity index is 1.29. The van der Waals surface area contributed by atoms with Gasteiger partial charge in [-0.1, -0.05) is 103 Å². The second kappa shape index (κ2) is 9.25. The monoisotopic (exact) mass is 617 g/mol. The van der Waals surface area contributed by atoms with Gasteiger partial charge in [0.2, 0.25) is 5.95 Å². The van der Waals surface area contributed by atoms with Crippen molar-refractivity contribution < 1.29 is 4.42 Å². The van der Waals surface area contributed by atoms with E-state index in [0.717, 1.165) is 60.2 Å². The van der Waals surface area contributed by atoms with E-state index in [0.29, 0.717) is 5.95 Å². The number of para-hydroxylation sites is 1. The van der Waals surface area contributed by atoms with Gasteiger partial charge in [-0.25, -0.2) is 9.97 Å². The van der Waals surface area contributed by atoms with Gasteiger partial charge in [0.1, 0.15) is 11.2 Å². The highest BCUT2D eigenvalue weighted by molar-refractivity contribution is 7.26. The third-order valence-corrected chi connectivity index (χ3v) is 10.8. The van der Waals surface area contributed by atoms with Crippen LogP contribution in [-0.4, -0.2) is 9.97 Å². The first-order valence-corrected chi connectivity index (χ1v) is 16.6. The minimum absolute atomic E-state index is 0.652. The zero-order valence-electron chi connectivity index (χ0n) is 24.9. The van der Waals surface area contributed by atoms with E-state index in [1.54, 1.807) is 11.3 Å². The fourth-order valence-corrected chi connectivity index (χ4v) is 8.69. The number of rotatable bonds is 2. The maximum absolute atomic E-state index is 6.35. The molecule has 11 rings (SSSR count). The van der Waals surface area contributed by atoms with E-state index in [4.69, 9.17) is 14.4 Å². The molecule has 5 heteroatoms. The zero-order chi connectivity index (χ0) is 30.6. The second-order valence-corrected chi connectivity index (χ2v) is 13.2. The summed E-state index contributed by atoms with van der Waals surface area (Å²) < 4.78 is 8.61. The zero-order valence-corrected chi connectivity index (χ0v) is 25.8. The lowest BCUT2D eigenvalue weighted by Crippen LogP contribution is -2.18. The third-order valence-electron chi connectivity index (χ3n) is 9.58. The van der Waals surface area contributed by atoms with Crippen molar-refractivity contribution in [2.45, 2.75) is 0 Å². The first-order valence-electron chi connectivity index (χ1n) is 15.8. The molecule has 0 aliphatic carbocycles. The average Bonchev–Trinajstić information content (AvgIpc) is 3.70. The van der Waals surface area contributed by atoms with Crippen molar-refractivity contribution in [1.29, 1.82) is 0 Å². The number of hydrogen-bond acceptors (Lipinski definition) is 5. The molecular formula is C42H23N3OS. The van der Waals surface area contributed by atoms with Crippen LogP contribution in [0.2, 0.25) is 0 Å². The van der Waals surface area contributed by atoms with Crippen molar-refractivity contribution in [2.24, 2.45) is 0 Å². The number of benzene rings is 7. The molecule has 0 saturated heterocycles. The fraction of sp³-hybridized carbons (Fsp3) is 0. The molecule has 0 unspecified atom stereocenters. The molecule has 10 aromatic rings. The maximum atomic E-state index is 6.35. The van der Waals surface area contributed by atoms with Gasteiger partial charge in [0, 0.05) is 37.4 Å². The molecule has 47 heavy (non-hydrogen) atoms. The van der Waals surface area contributed by atoms with Gasteiger partial charge in [0.05, 0.1) is 27.3 Å². The van der Waals surface area contributed by atoms with Crippen LogP contribution in [0.3, 0.4) is 0 Å². The molecule has 4 heterocycles. The maximum Gasteiger partial charge on any atom is 0.235 e. The summed E-state index contributed by atoms with van der Waals surface area (Å²) in [5.41, 5.74) is 9.21. The van der Waals surface area contributed by atoms with E-state index < -0.39 is 0 Å². The van der Waals surface area contributed by atoms with Crippen molar-refractivity contribution in [3.8, 4) is 22.4 Å². The van der Waals surface area contributed by atoms with Gasteiger partial charge >= 0.3 is 0 Å². The van der Waals surface area contributed by atoms with E-state index in [9.17, 15) is 0 Å². The summed E-state index contributed by atoms with van der Waals surface area (Å²) in [6, 6.07) is 49.4. The number of anilines is 3. The molecule has 0 atom stereocenters. The average molecular weight is 618 g/mol. The Hall–Kier alpha value is -6.04. The molecule has 0 N–H and O–H groups in total. The quantitative estimate of drug-likeness (QED) is 0.194. The van der Waals surface area contributed by atoms with Gasteiger partial charge in [0.25, 0.3) is 0 Å². The van der Waals surface area contributed by atoms with Crippen LogP contribution in [0.1, 0.15) is 0 Å². The summed E-state index contributed by atoms with van der Waals surface area (Å²) in [6.45, 7) is 0. The number of furan rings is 1. The number of fused-ring (bicyclic) bond motifs is 9. The van der Waals surface area contributed by atoms with E-state index in [-0.39, 0.29) is 0 Å². The van der Waals surface area contributed by atoms with Crippen LogP contribution in [0, 0.1) is 0 Å². The minimum atomic E-state index is 0.652. The Morgan fingerprint density at radius 1 is 0.511 bits per heavy atom. The van der Waals surface area contributed by atoms with E-state index in [2.05, 4.69) is 126 Å². The first-order chi connectivity index (χ1) is 23.3. The van der Waals surface area contributed by atoms with Crippen LogP contribution in [-0.2, 0) is 0 Å². The lowest BCUT2D eigenvalue weighted by Gasteiger charge is -2.32. The summed E-state index contributed by atoms with van der Waals surface area (Å²) in [7, 11) is 0. The Labute approximate surface area is 272 Å². The lowest BCUT2D eigenvalue weighted by atomic mass is 9.89. The van der Waals surface area contributed by atoms with Crippen LogP contribution in [0.4, 0.5) is 17.3 Å². The number of nitrogens with zero attached hydrogens (tertiary/aromatic N) is 3. The molecule has 4 nitrogen and oxygen atoms in total.